The second kappa shape index (κ2) is 11.1. The van der Waals surface area contributed by atoms with Crippen molar-refractivity contribution >= 4 is 23.5 Å². The zero-order chi connectivity index (χ0) is 20.4. The van der Waals surface area contributed by atoms with E-state index in [1.165, 1.54) is 6.92 Å². The molecule has 0 radical (unpaired) electrons. The summed E-state index contributed by atoms with van der Waals surface area (Å²) >= 11 is 0. The van der Waals surface area contributed by atoms with Crippen LogP contribution in [0.5, 0.6) is 0 Å². The van der Waals surface area contributed by atoms with Crippen molar-refractivity contribution in [2.24, 2.45) is 0 Å². The Morgan fingerprint density at radius 2 is 1.81 bits per heavy atom. The fraction of sp³-hybridized carbons (Fsp3) is 0.556. The minimum absolute atomic E-state index is 0.0667. The van der Waals surface area contributed by atoms with Crippen molar-refractivity contribution in [3.63, 3.8) is 0 Å². The summed E-state index contributed by atoms with van der Waals surface area (Å²) in [6.45, 7) is 2.32. The molecule has 0 unspecified atom stereocenters. The van der Waals surface area contributed by atoms with E-state index in [0.29, 0.717) is 12.8 Å². The average Bonchev–Trinajstić information content (AvgIpc) is 2.60. The Kier molecular flexibility index (Phi) is 9.21. The van der Waals surface area contributed by atoms with Gasteiger partial charge >= 0.3 is 5.97 Å². The standard InChI is InChI=1S/C18H29N5O4/c1-13(17(25)21-15(18(26)27)6-4-5-9-19)20-16(24)12-23-10-7-14(8-11-23)22(2)3/h7-8,10-11,13,15H,4-6,9,12,19H2,1-3H3,(H2-,20,21,24,25,26,27)/p+2/t13-,15-/m0/s1. The number of amides is 2. The first-order valence-corrected chi connectivity index (χ1v) is 9.02. The van der Waals surface area contributed by atoms with E-state index in [1.54, 1.807) is 17.0 Å². The second-order valence-electron chi connectivity index (χ2n) is 6.66. The van der Waals surface area contributed by atoms with Gasteiger partial charge in [-0.2, -0.15) is 4.57 Å². The van der Waals surface area contributed by atoms with E-state index in [0.717, 1.165) is 18.7 Å². The van der Waals surface area contributed by atoms with E-state index in [9.17, 15) is 19.5 Å². The molecular formula is C18H31N5O4+2. The van der Waals surface area contributed by atoms with Crippen LogP contribution < -0.4 is 25.8 Å². The Labute approximate surface area is 159 Å². The summed E-state index contributed by atoms with van der Waals surface area (Å²) in [6, 6.07) is 1.98. The minimum atomic E-state index is -1.08. The second-order valence-corrected chi connectivity index (χ2v) is 6.66. The van der Waals surface area contributed by atoms with Crippen molar-refractivity contribution in [3.05, 3.63) is 24.5 Å². The zero-order valence-electron chi connectivity index (χ0n) is 16.3. The van der Waals surface area contributed by atoms with Gasteiger partial charge in [0.05, 0.1) is 6.54 Å². The molecule has 150 valence electrons. The molecule has 0 fully saturated rings. The summed E-state index contributed by atoms with van der Waals surface area (Å²) in [4.78, 5) is 37.5. The first-order chi connectivity index (χ1) is 12.7. The normalized spacial score (nSPS) is 12.7. The molecule has 9 nitrogen and oxygen atoms in total. The van der Waals surface area contributed by atoms with Crippen LogP contribution in [0, 0.1) is 0 Å². The maximum Gasteiger partial charge on any atom is 0.326 e. The number of anilines is 1. The maximum absolute atomic E-state index is 12.2. The molecule has 0 saturated carbocycles. The Balaban J connectivity index is 2.52. The van der Waals surface area contributed by atoms with E-state index in [1.807, 2.05) is 31.1 Å². The van der Waals surface area contributed by atoms with Crippen LogP contribution in [0.3, 0.4) is 0 Å². The first-order valence-electron chi connectivity index (χ1n) is 9.02. The smallest absolute Gasteiger partial charge is 0.326 e. The molecule has 1 aromatic heterocycles. The van der Waals surface area contributed by atoms with Crippen LogP contribution in [0.25, 0.3) is 0 Å². The van der Waals surface area contributed by atoms with Gasteiger partial charge in [-0.3, -0.25) is 9.59 Å². The van der Waals surface area contributed by atoms with Gasteiger partial charge in [0.1, 0.15) is 12.1 Å². The summed E-state index contributed by atoms with van der Waals surface area (Å²) in [6.07, 6.45) is 5.37. The number of aliphatic carboxylic acids is 1. The summed E-state index contributed by atoms with van der Waals surface area (Å²) in [5, 5.41) is 14.3. The number of nitrogens with one attached hydrogen (secondary N) is 2. The highest BCUT2D eigenvalue weighted by atomic mass is 16.4. The number of carbonyl (C=O) groups excluding carboxylic acids is 2. The summed E-state index contributed by atoms with van der Waals surface area (Å²) in [5.41, 5.74) is 4.72. The number of unbranched alkanes of at least 4 members (excludes halogenated alkanes) is 1. The summed E-state index contributed by atoms with van der Waals surface area (Å²) < 4.78 is 1.70. The van der Waals surface area contributed by atoms with Gasteiger partial charge in [-0.15, -0.1) is 0 Å². The van der Waals surface area contributed by atoms with Crippen LogP contribution in [0.4, 0.5) is 5.69 Å². The molecular weight excluding hydrogens is 350 g/mol. The van der Waals surface area contributed by atoms with Gasteiger partial charge in [0.25, 0.3) is 5.91 Å². The topological polar surface area (TPSA) is 130 Å². The van der Waals surface area contributed by atoms with Gasteiger partial charge < -0.3 is 26.4 Å². The number of aromatic nitrogens is 1. The molecule has 0 aromatic carbocycles. The lowest BCUT2D eigenvalue weighted by atomic mass is 10.1. The number of carbonyl (C=O) groups is 3. The molecule has 9 heteroatoms. The molecule has 27 heavy (non-hydrogen) atoms. The van der Waals surface area contributed by atoms with E-state index in [2.05, 4.69) is 16.4 Å². The summed E-state index contributed by atoms with van der Waals surface area (Å²) in [5.74, 6) is -1.93. The van der Waals surface area contributed by atoms with Gasteiger partial charge in [-0.05, 0) is 26.2 Å². The molecule has 0 saturated heterocycles. The van der Waals surface area contributed by atoms with Crippen LogP contribution in [0.2, 0.25) is 0 Å². The SMILES string of the molecule is C[C@H](NC(=O)C[n+]1ccc(N(C)C)cc1)C(=O)N[C@@H](CCCC[NH3+])C(=O)O. The highest BCUT2D eigenvalue weighted by molar-refractivity contribution is 5.89. The lowest BCUT2D eigenvalue weighted by molar-refractivity contribution is -0.684. The van der Waals surface area contributed by atoms with Crippen molar-refractivity contribution in [2.45, 2.75) is 44.8 Å². The van der Waals surface area contributed by atoms with Crippen molar-refractivity contribution in [2.75, 3.05) is 25.5 Å². The van der Waals surface area contributed by atoms with Crippen molar-refractivity contribution in [1.29, 1.82) is 0 Å². The predicted molar refractivity (Wildman–Crippen MR) is 99.7 cm³/mol. The molecule has 6 N–H and O–H groups in total. The lowest BCUT2D eigenvalue weighted by Gasteiger charge is -2.18. The monoisotopic (exact) mass is 381 g/mol. The lowest BCUT2D eigenvalue weighted by Crippen LogP contribution is -2.53. The number of hydrogen-bond donors (Lipinski definition) is 4. The molecule has 2 atom stereocenters. The van der Waals surface area contributed by atoms with Crippen molar-refractivity contribution in [3.8, 4) is 0 Å². The van der Waals surface area contributed by atoms with Gasteiger partial charge in [-0.1, -0.05) is 0 Å². The third-order valence-electron chi connectivity index (χ3n) is 4.09. The third kappa shape index (κ3) is 8.04. The molecule has 2 amide bonds. The van der Waals surface area contributed by atoms with E-state index >= 15 is 0 Å². The van der Waals surface area contributed by atoms with E-state index in [-0.39, 0.29) is 12.5 Å². The average molecular weight is 381 g/mol. The quantitative estimate of drug-likeness (QED) is 0.275. The number of hydrogen-bond acceptors (Lipinski definition) is 4. The van der Waals surface area contributed by atoms with Gasteiger partial charge in [0.15, 0.2) is 12.4 Å². The molecule has 1 aromatic rings. The minimum Gasteiger partial charge on any atom is -0.480 e. The molecule has 0 bridgehead atoms. The highest BCUT2D eigenvalue weighted by Gasteiger charge is 2.24. The largest absolute Gasteiger partial charge is 0.480 e. The number of rotatable bonds is 11. The fourth-order valence-corrected chi connectivity index (χ4v) is 2.45. The molecule has 1 heterocycles. The number of nitrogens with zero attached hydrogens (tertiary/aromatic N) is 2. The Bertz CT molecular complexity index is 633. The molecule has 1 rings (SSSR count). The first kappa shape index (κ1) is 22.4. The third-order valence-corrected chi connectivity index (χ3v) is 4.09. The Morgan fingerprint density at radius 1 is 1.19 bits per heavy atom. The van der Waals surface area contributed by atoms with E-state index < -0.39 is 24.0 Å². The van der Waals surface area contributed by atoms with Crippen molar-refractivity contribution < 1.29 is 29.8 Å². The predicted octanol–water partition coefficient (Wildman–Crippen LogP) is -1.47. The Hall–Kier alpha value is -2.68. The Morgan fingerprint density at radius 3 is 2.33 bits per heavy atom. The fourth-order valence-electron chi connectivity index (χ4n) is 2.45. The van der Waals surface area contributed by atoms with Crippen LogP contribution in [0.1, 0.15) is 26.2 Å². The molecule has 0 spiro atoms. The number of quaternary nitrogens is 1. The zero-order valence-corrected chi connectivity index (χ0v) is 16.3. The van der Waals surface area contributed by atoms with E-state index in [4.69, 9.17) is 0 Å². The molecule has 0 aliphatic heterocycles. The maximum atomic E-state index is 12.2. The van der Waals surface area contributed by atoms with Gasteiger partial charge in [-0.25, -0.2) is 4.79 Å². The van der Waals surface area contributed by atoms with Crippen LogP contribution in [-0.2, 0) is 20.9 Å². The molecule has 0 aliphatic rings. The number of pyridine rings is 1. The van der Waals surface area contributed by atoms with Gasteiger partial charge in [0.2, 0.25) is 12.5 Å². The highest BCUT2D eigenvalue weighted by Crippen LogP contribution is 2.05. The number of carboxylic acid groups (broad SMARTS) is 1. The van der Waals surface area contributed by atoms with Gasteiger partial charge in [0, 0.05) is 31.9 Å². The number of carboxylic acids is 1. The van der Waals surface area contributed by atoms with Crippen LogP contribution in [0.15, 0.2) is 24.5 Å². The van der Waals surface area contributed by atoms with Crippen molar-refractivity contribution in [1.82, 2.24) is 10.6 Å². The van der Waals surface area contributed by atoms with Crippen LogP contribution >= 0.6 is 0 Å². The molecule has 0 aliphatic carbocycles. The van der Waals surface area contributed by atoms with Crippen LogP contribution in [-0.4, -0.2) is 55.6 Å². The summed E-state index contributed by atoms with van der Waals surface area (Å²) in [7, 11) is 3.85.